The van der Waals surface area contributed by atoms with Crippen LogP contribution >= 0.6 is 0 Å². The molecule has 0 heterocycles. The Balaban J connectivity index is 1.78. The first kappa shape index (κ1) is 18.9. The molecule has 0 bridgehead atoms. The average molecular weight is 345 g/mol. The van der Waals surface area contributed by atoms with E-state index < -0.39 is 12.2 Å². The molecule has 0 aromatic rings. The van der Waals surface area contributed by atoms with E-state index in [-0.39, 0.29) is 0 Å². The predicted octanol–water partition coefficient (Wildman–Crippen LogP) is 5.17. The Morgan fingerprint density at radius 1 is 1.20 bits per heavy atom. The van der Waals surface area contributed by atoms with E-state index >= 15 is 0 Å². The van der Waals surface area contributed by atoms with Gasteiger partial charge in [-0.1, -0.05) is 57.1 Å². The fourth-order valence-corrected chi connectivity index (χ4v) is 5.92. The van der Waals surface area contributed by atoms with E-state index in [0.29, 0.717) is 23.8 Å². The highest BCUT2D eigenvalue weighted by Gasteiger charge is 2.50. The van der Waals surface area contributed by atoms with Gasteiger partial charge in [-0.15, -0.1) is 0 Å². The third-order valence-electron chi connectivity index (χ3n) is 7.67. The van der Waals surface area contributed by atoms with Gasteiger partial charge in [0, 0.05) is 0 Å². The molecule has 6 atom stereocenters. The van der Waals surface area contributed by atoms with Crippen molar-refractivity contribution < 1.29 is 10.2 Å². The Morgan fingerprint density at radius 3 is 2.52 bits per heavy atom. The van der Waals surface area contributed by atoms with Crippen LogP contribution in [0.1, 0.15) is 72.1 Å². The zero-order valence-corrected chi connectivity index (χ0v) is 16.3. The van der Waals surface area contributed by atoms with Crippen molar-refractivity contribution >= 4 is 0 Å². The molecule has 0 amide bonds. The fourth-order valence-electron chi connectivity index (χ4n) is 5.92. The highest BCUT2D eigenvalue weighted by atomic mass is 16.3. The smallest absolute Gasteiger partial charge is 0.0809 e. The molecule has 2 heteroatoms. The SMILES string of the molecule is C=C1[C@H](O)CC(=C/C=C2\CCC[C@@]3(C)C2CCC3[C@@H](C)CC)C[C@H]1O. The lowest BCUT2D eigenvalue weighted by Crippen LogP contribution is -2.35. The van der Waals surface area contributed by atoms with Gasteiger partial charge in [-0.25, -0.2) is 0 Å². The quantitative estimate of drug-likeness (QED) is 0.693. The van der Waals surface area contributed by atoms with Crippen molar-refractivity contribution in [2.75, 3.05) is 0 Å². The molecular formula is C23H36O2. The molecule has 3 saturated carbocycles. The first-order valence-electron chi connectivity index (χ1n) is 10.3. The Hall–Kier alpha value is -0.860. The Kier molecular flexibility index (Phi) is 5.60. The van der Waals surface area contributed by atoms with Crippen LogP contribution in [0.25, 0.3) is 0 Å². The number of aliphatic hydroxyl groups is 2. The first-order chi connectivity index (χ1) is 11.9. The van der Waals surface area contributed by atoms with Crippen molar-refractivity contribution in [3.63, 3.8) is 0 Å². The molecule has 0 radical (unpaired) electrons. The number of aliphatic hydroxyl groups excluding tert-OH is 2. The van der Waals surface area contributed by atoms with Crippen LogP contribution in [0, 0.1) is 23.2 Å². The van der Waals surface area contributed by atoms with E-state index in [0.717, 1.165) is 23.3 Å². The van der Waals surface area contributed by atoms with E-state index in [1.54, 1.807) is 5.57 Å². The van der Waals surface area contributed by atoms with Gasteiger partial charge >= 0.3 is 0 Å². The summed E-state index contributed by atoms with van der Waals surface area (Å²) in [5, 5.41) is 20.1. The van der Waals surface area contributed by atoms with Crippen molar-refractivity contribution in [1.82, 2.24) is 0 Å². The molecular weight excluding hydrogens is 308 g/mol. The topological polar surface area (TPSA) is 40.5 Å². The summed E-state index contributed by atoms with van der Waals surface area (Å²) < 4.78 is 0. The maximum atomic E-state index is 10.0. The molecule has 25 heavy (non-hydrogen) atoms. The van der Waals surface area contributed by atoms with Crippen molar-refractivity contribution in [3.8, 4) is 0 Å². The van der Waals surface area contributed by atoms with Crippen molar-refractivity contribution in [2.24, 2.45) is 23.2 Å². The largest absolute Gasteiger partial charge is 0.388 e. The molecule has 3 fully saturated rings. The number of allylic oxidation sites excluding steroid dienone is 3. The van der Waals surface area contributed by atoms with Crippen LogP contribution < -0.4 is 0 Å². The molecule has 2 nitrogen and oxygen atoms in total. The van der Waals surface area contributed by atoms with E-state index in [1.165, 1.54) is 38.5 Å². The molecule has 0 saturated heterocycles. The van der Waals surface area contributed by atoms with Gasteiger partial charge in [-0.2, -0.15) is 0 Å². The second-order valence-electron chi connectivity index (χ2n) is 9.06. The fraction of sp³-hybridized carbons (Fsp3) is 0.739. The number of hydrogen-bond donors (Lipinski definition) is 2. The average Bonchev–Trinajstić information content (AvgIpc) is 2.94. The molecule has 3 aliphatic rings. The molecule has 3 aliphatic carbocycles. The maximum Gasteiger partial charge on any atom is 0.0809 e. The van der Waals surface area contributed by atoms with E-state index in [1.807, 2.05) is 0 Å². The summed E-state index contributed by atoms with van der Waals surface area (Å²) in [4.78, 5) is 0. The second-order valence-corrected chi connectivity index (χ2v) is 9.06. The Bertz CT molecular complexity index is 557. The lowest BCUT2D eigenvalue weighted by atomic mass is 9.61. The molecule has 0 spiro atoms. The summed E-state index contributed by atoms with van der Waals surface area (Å²) in [7, 11) is 0. The number of fused-ring (bicyclic) bond motifs is 1. The van der Waals surface area contributed by atoms with Gasteiger partial charge in [0.2, 0.25) is 0 Å². The monoisotopic (exact) mass is 344 g/mol. The summed E-state index contributed by atoms with van der Waals surface area (Å²) in [5.74, 6) is 2.41. The van der Waals surface area contributed by atoms with Crippen LogP contribution in [0.2, 0.25) is 0 Å². The van der Waals surface area contributed by atoms with Crippen LogP contribution in [0.4, 0.5) is 0 Å². The van der Waals surface area contributed by atoms with Crippen LogP contribution in [-0.2, 0) is 0 Å². The molecule has 0 aromatic carbocycles. The third kappa shape index (κ3) is 3.53. The number of rotatable bonds is 3. The van der Waals surface area contributed by atoms with Gasteiger partial charge in [0.1, 0.15) is 0 Å². The van der Waals surface area contributed by atoms with Crippen LogP contribution in [0.15, 0.2) is 35.5 Å². The second kappa shape index (κ2) is 7.40. The highest BCUT2D eigenvalue weighted by molar-refractivity contribution is 5.29. The number of hydrogen-bond acceptors (Lipinski definition) is 2. The van der Waals surface area contributed by atoms with E-state index in [9.17, 15) is 10.2 Å². The standard InChI is InChI=1S/C23H36O2/c1-5-15(2)19-10-11-20-18(7-6-12-23(19,20)4)9-8-17-13-21(24)16(3)22(25)14-17/h8-9,15,19-22,24-25H,3,5-7,10-14H2,1-2,4H3/b18-9+/t15-,19?,20?,21+,22+,23+/m0/s1. The van der Waals surface area contributed by atoms with Gasteiger partial charge in [0.15, 0.2) is 0 Å². The third-order valence-corrected chi connectivity index (χ3v) is 7.67. The molecule has 3 rings (SSSR count). The van der Waals surface area contributed by atoms with E-state index in [4.69, 9.17) is 0 Å². The van der Waals surface area contributed by atoms with Gasteiger partial charge in [0.25, 0.3) is 0 Å². The van der Waals surface area contributed by atoms with Crippen molar-refractivity contribution in [2.45, 2.75) is 84.3 Å². The van der Waals surface area contributed by atoms with E-state index in [2.05, 4.69) is 39.5 Å². The normalized spacial score (nSPS) is 41.7. The van der Waals surface area contributed by atoms with Crippen LogP contribution in [0.5, 0.6) is 0 Å². The van der Waals surface area contributed by atoms with Crippen molar-refractivity contribution in [1.29, 1.82) is 0 Å². The summed E-state index contributed by atoms with van der Waals surface area (Å²) in [6, 6.07) is 0. The maximum absolute atomic E-state index is 10.0. The Labute approximate surface area is 153 Å². The highest BCUT2D eigenvalue weighted by Crippen LogP contribution is 2.59. The minimum Gasteiger partial charge on any atom is -0.388 e. The summed E-state index contributed by atoms with van der Waals surface area (Å²) >= 11 is 0. The molecule has 0 aliphatic heterocycles. The van der Waals surface area contributed by atoms with Gasteiger partial charge in [-0.3, -0.25) is 0 Å². The molecule has 140 valence electrons. The zero-order valence-electron chi connectivity index (χ0n) is 16.3. The lowest BCUT2D eigenvalue weighted by Gasteiger charge is -2.44. The minimum atomic E-state index is -0.591. The van der Waals surface area contributed by atoms with Gasteiger partial charge < -0.3 is 10.2 Å². The van der Waals surface area contributed by atoms with Crippen LogP contribution in [0.3, 0.4) is 0 Å². The molecule has 2 N–H and O–H groups in total. The van der Waals surface area contributed by atoms with Crippen LogP contribution in [-0.4, -0.2) is 22.4 Å². The zero-order chi connectivity index (χ0) is 18.2. The summed E-state index contributed by atoms with van der Waals surface area (Å²) in [6.07, 6.45) is 12.5. The first-order valence-corrected chi connectivity index (χ1v) is 10.3. The molecule has 2 unspecified atom stereocenters. The summed E-state index contributed by atoms with van der Waals surface area (Å²) in [6.45, 7) is 11.1. The minimum absolute atomic E-state index is 0.470. The van der Waals surface area contributed by atoms with Crippen molar-refractivity contribution in [3.05, 3.63) is 35.5 Å². The summed E-state index contributed by atoms with van der Waals surface area (Å²) in [5.41, 5.74) is 3.81. The predicted molar refractivity (Wildman–Crippen MR) is 104 cm³/mol. The van der Waals surface area contributed by atoms with Gasteiger partial charge in [0.05, 0.1) is 12.2 Å². The Morgan fingerprint density at radius 2 is 1.88 bits per heavy atom. The van der Waals surface area contributed by atoms with Gasteiger partial charge in [-0.05, 0) is 73.7 Å². The lowest BCUT2D eigenvalue weighted by molar-refractivity contribution is 0.0961. The molecule has 0 aromatic heterocycles.